The van der Waals surface area contributed by atoms with Crippen LogP contribution in [0.4, 0.5) is 5.82 Å². The summed E-state index contributed by atoms with van der Waals surface area (Å²) in [4.78, 5) is 8.98. The summed E-state index contributed by atoms with van der Waals surface area (Å²) in [5.74, 6) is 1.89. The van der Waals surface area contributed by atoms with Crippen LogP contribution in [-0.2, 0) is 6.42 Å². The molecular weight excluding hydrogens is 212 g/mol. The molecule has 1 saturated heterocycles. The van der Waals surface area contributed by atoms with E-state index in [0.717, 1.165) is 36.8 Å². The number of nitrogens with zero attached hydrogens (tertiary/aromatic N) is 2. The first-order valence-electron chi connectivity index (χ1n) is 6.52. The van der Waals surface area contributed by atoms with Gasteiger partial charge in [-0.1, -0.05) is 6.92 Å². The maximum Gasteiger partial charge on any atom is 0.133 e. The third-order valence-electron chi connectivity index (χ3n) is 3.32. The van der Waals surface area contributed by atoms with E-state index < -0.39 is 0 Å². The Hall–Kier alpha value is -1.16. The molecule has 1 aliphatic rings. The molecule has 1 aromatic rings. The molecule has 0 bridgehead atoms. The zero-order valence-corrected chi connectivity index (χ0v) is 11.0. The van der Waals surface area contributed by atoms with E-state index in [2.05, 4.69) is 34.4 Å². The van der Waals surface area contributed by atoms with E-state index in [4.69, 9.17) is 0 Å². The SMILES string of the molecule is CCc1c(C)nc(C)nc1NC1CCCNC1. The van der Waals surface area contributed by atoms with E-state index in [1.807, 2.05) is 6.92 Å². The summed E-state index contributed by atoms with van der Waals surface area (Å²) in [5, 5.41) is 6.98. The Morgan fingerprint density at radius 2 is 2.18 bits per heavy atom. The fourth-order valence-corrected chi connectivity index (χ4v) is 2.45. The van der Waals surface area contributed by atoms with E-state index >= 15 is 0 Å². The van der Waals surface area contributed by atoms with Gasteiger partial charge in [-0.15, -0.1) is 0 Å². The third-order valence-corrected chi connectivity index (χ3v) is 3.32. The Balaban J connectivity index is 2.18. The van der Waals surface area contributed by atoms with Gasteiger partial charge in [0.2, 0.25) is 0 Å². The fourth-order valence-electron chi connectivity index (χ4n) is 2.45. The number of aromatic nitrogens is 2. The molecule has 2 rings (SSSR count). The van der Waals surface area contributed by atoms with E-state index in [-0.39, 0.29) is 0 Å². The molecule has 0 spiro atoms. The van der Waals surface area contributed by atoms with Crippen LogP contribution in [0.3, 0.4) is 0 Å². The molecule has 94 valence electrons. The first-order valence-corrected chi connectivity index (χ1v) is 6.52. The van der Waals surface area contributed by atoms with Gasteiger partial charge in [0.05, 0.1) is 0 Å². The number of hydrogen-bond donors (Lipinski definition) is 2. The molecule has 0 saturated carbocycles. The molecule has 4 nitrogen and oxygen atoms in total. The van der Waals surface area contributed by atoms with Gasteiger partial charge in [-0.05, 0) is 39.7 Å². The first-order chi connectivity index (χ1) is 8.20. The van der Waals surface area contributed by atoms with Crippen LogP contribution in [0.1, 0.15) is 36.8 Å². The fraction of sp³-hybridized carbons (Fsp3) is 0.692. The van der Waals surface area contributed by atoms with Gasteiger partial charge in [0.25, 0.3) is 0 Å². The number of piperidine rings is 1. The third kappa shape index (κ3) is 2.94. The lowest BCUT2D eigenvalue weighted by molar-refractivity contribution is 0.478. The van der Waals surface area contributed by atoms with Gasteiger partial charge in [0, 0.05) is 23.8 Å². The summed E-state index contributed by atoms with van der Waals surface area (Å²) in [7, 11) is 0. The van der Waals surface area contributed by atoms with Crippen molar-refractivity contribution in [3.8, 4) is 0 Å². The van der Waals surface area contributed by atoms with E-state index in [1.54, 1.807) is 0 Å². The van der Waals surface area contributed by atoms with Gasteiger partial charge in [-0.25, -0.2) is 9.97 Å². The van der Waals surface area contributed by atoms with Gasteiger partial charge in [-0.2, -0.15) is 0 Å². The van der Waals surface area contributed by atoms with E-state index in [0.29, 0.717) is 6.04 Å². The van der Waals surface area contributed by atoms with Crippen molar-refractivity contribution >= 4 is 5.82 Å². The Labute approximate surface area is 103 Å². The molecule has 0 amide bonds. The van der Waals surface area contributed by atoms with Crippen molar-refractivity contribution in [1.82, 2.24) is 15.3 Å². The van der Waals surface area contributed by atoms with Gasteiger partial charge in [0.1, 0.15) is 11.6 Å². The number of rotatable bonds is 3. The molecule has 1 aromatic heterocycles. The zero-order valence-electron chi connectivity index (χ0n) is 11.0. The minimum absolute atomic E-state index is 0.503. The number of nitrogens with one attached hydrogen (secondary N) is 2. The summed E-state index contributed by atoms with van der Waals surface area (Å²) in [5.41, 5.74) is 2.35. The van der Waals surface area contributed by atoms with Crippen LogP contribution in [0.2, 0.25) is 0 Å². The highest BCUT2D eigenvalue weighted by Gasteiger charge is 2.16. The molecule has 1 unspecified atom stereocenters. The predicted octanol–water partition coefficient (Wildman–Crippen LogP) is 1.82. The molecule has 2 N–H and O–H groups in total. The van der Waals surface area contributed by atoms with Crippen LogP contribution in [0.5, 0.6) is 0 Å². The maximum absolute atomic E-state index is 4.55. The maximum atomic E-state index is 4.55. The first kappa shape index (κ1) is 12.3. The monoisotopic (exact) mass is 234 g/mol. The molecule has 1 atom stereocenters. The van der Waals surface area contributed by atoms with Crippen molar-refractivity contribution in [2.75, 3.05) is 18.4 Å². The lowest BCUT2D eigenvalue weighted by Crippen LogP contribution is -2.39. The average molecular weight is 234 g/mol. The van der Waals surface area contributed by atoms with Crippen LogP contribution in [-0.4, -0.2) is 29.1 Å². The predicted molar refractivity (Wildman–Crippen MR) is 70.4 cm³/mol. The second kappa shape index (κ2) is 5.45. The lowest BCUT2D eigenvalue weighted by atomic mass is 10.1. The van der Waals surface area contributed by atoms with Crippen molar-refractivity contribution in [3.63, 3.8) is 0 Å². The highest BCUT2D eigenvalue weighted by molar-refractivity contribution is 5.47. The van der Waals surface area contributed by atoms with Crippen LogP contribution in [0, 0.1) is 13.8 Å². The second-order valence-corrected chi connectivity index (χ2v) is 4.72. The van der Waals surface area contributed by atoms with Crippen molar-refractivity contribution < 1.29 is 0 Å². The van der Waals surface area contributed by atoms with Crippen molar-refractivity contribution in [1.29, 1.82) is 0 Å². The normalized spacial score (nSPS) is 20.3. The van der Waals surface area contributed by atoms with Crippen molar-refractivity contribution in [3.05, 3.63) is 17.1 Å². The number of hydrogen-bond acceptors (Lipinski definition) is 4. The van der Waals surface area contributed by atoms with Gasteiger partial charge < -0.3 is 10.6 Å². The molecule has 2 heterocycles. The molecule has 4 heteroatoms. The second-order valence-electron chi connectivity index (χ2n) is 4.72. The standard InChI is InChI=1S/C13H22N4/c1-4-12-9(2)15-10(3)16-13(12)17-11-6-5-7-14-8-11/h11,14H,4-8H2,1-3H3,(H,15,16,17). The quantitative estimate of drug-likeness (QED) is 0.837. The zero-order chi connectivity index (χ0) is 12.3. The molecule has 1 aliphatic heterocycles. The minimum atomic E-state index is 0.503. The molecule has 17 heavy (non-hydrogen) atoms. The number of anilines is 1. The summed E-state index contributed by atoms with van der Waals surface area (Å²) >= 11 is 0. The highest BCUT2D eigenvalue weighted by Crippen LogP contribution is 2.19. The summed E-state index contributed by atoms with van der Waals surface area (Å²) < 4.78 is 0. The largest absolute Gasteiger partial charge is 0.366 e. The van der Waals surface area contributed by atoms with E-state index in [9.17, 15) is 0 Å². The van der Waals surface area contributed by atoms with Crippen LogP contribution in [0.25, 0.3) is 0 Å². The van der Waals surface area contributed by atoms with Gasteiger partial charge in [0.15, 0.2) is 0 Å². The highest BCUT2D eigenvalue weighted by atomic mass is 15.1. The summed E-state index contributed by atoms with van der Waals surface area (Å²) in [6.07, 6.45) is 3.44. The van der Waals surface area contributed by atoms with Crippen molar-refractivity contribution in [2.45, 2.75) is 46.1 Å². The average Bonchev–Trinajstić information content (AvgIpc) is 2.30. The summed E-state index contributed by atoms with van der Waals surface area (Å²) in [6.45, 7) is 8.35. The van der Waals surface area contributed by atoms with Crippen LogP contribution in [0.15, 0.2) is 0 Å². The topological polar surface area (TPSA) is 49.8 Å². The van der Waals surface area contributed by atoms with Gasteiger partial charge >= 0.3 is 0 Å². The smallest absolute Gasteiger partial charge is 0.133 e. The molecular formula is C13H22N4. The molecule has 1 fully saturated rings. The Morgan fingerprint density at radius 3 is 2.82 bits per heavy atom. The number of aryl methyl sites for hydroxylation is 2. The van der Waals surface area contributed by atoms with E-state index in [1.165, 1.54) is 18.4 Å². The van der Waals surface area contributed by atoms with Crippen molar-refractivity contribution in [2.24, 2.45) is 0 Å². The Kier molecular flexibility index (Phi) is 3.94. The van der Waals surface area contributed by atoms with Crippen LogP contribution < -0.4 is 10.6 Å². The molecule has 0 aromatic carbocycles. The Bertz CT molecular complexity index is 383. The minimum Gasteiger partial charge on any atom is -0.366 e. The Morgan fingerprint density at radius 1 is 1.35 bits per heavy atom. The molecule has 0 aliphatic carbocycles. The molecule has 0 radical (unpaired) electrons. The van der Waals surface area contributed by atoms with Crippen LogP contribution >= 0.6 is 0 Å². The summed E-state index contributed by atoms with van der Waals surface area (Å²) in [6, 6.07) is 0.503. The lowest BCUT2D eigenvalue weighted by Gasteiger charge is -2.25. The van der Waals surface area contributed by atoms with Gasteiger partial charge in [-0.3, -0.25) is 0 Å².